The van der Waals surface area contributed by atoms with Crippen LogP contribution in [0.2, 0.25) is 0 Å². The fourth-order valence-corrected chi connectivity index (χ4v) is 12.8. The fourth-order valence-electron chi connectivity index (χ4n) is 12.8. The van der Waals surface area contributed by atoms with Gasteiger partial charge in [-0.15, -0.1) is 0 Å². The largest absolute Gasteiger partial charge is 0.354 e. The van der Waals surface area contributed by atoms with E-state index in [-0.39, 0.29) is 10.6 Å². The van der Waals surface area contributed by atoms with Gasteiger partial charge in [0.15, 0.2) is 0 Å². The topological polar surface area (TPSA) is 87.1 Å². The van der Waals surface area contributed by atoms with Crippen LogP contribution in [0.3, 0.4) is 0 Å². The third-order valence-corrected chi connectivity index (χ3v) is 15.6. The number of rotatable bonds is 6. The monoisotopic (exact) mass is 1000 g/mol. The van der Waals surface area contributed by atoms with Crippen molar-refractivity contribution in [3.63, 3.8) is 0 Å². The number of hydrogen-bond acceptors (Lipinski definition) is 3. The number of hydrogen-bond donors (Lipinski definition) is 2. The van der Waals surface area contributed by atoms with Gasteiger partial charge >= 0.3 is 0 Å². The molecule has 77 heavy (non-hydrogen) atoms. The van der Waals surface area contributed by atoms with E-state index in [1.54, 1.807) is 12.1 Å². The summed E-state index contributed by atoms with van der Waals surface area (Å²) >= 11 is 0. The van der Waals surface area contributed by atoms with Crippen LogP contribution >= 0.6 is 0 Å². The number of nitro benzene ring substituents is 1. The first-order valence-corrected chi connectivity index (χ1v) is 26.6. The molecule has 0 spiro atoms. The predicted octanol–water partition coefficient (Wildman–Crippen LogP) is 13.7. The number of aryl methyl sites for hydroxylation is 12. The van der Waals surface area contributed by atoms with E-state index in [0.29, 0.717) is 0 Å². The molecule has 0 fully saturated rings. The zero-order valence-electron chi connectivity index (χ0n) is 46.2. The summed E-state index contributed by atoms with van der Waals surface area (Å²) in [6.07, 6.45) is 4.22. The number of benzene rings is 7. The Hall–Kier alpha value is -8.87. The zero-order valence-corrected chi connectivity index (χ0v) is 46.2. The van der Waals surface area contributed by atoms with Gasteiger partial charge in [-0.2, -0.15) is 0 Å². The van der Waals surface area contributed by atoms with Crippen LogP contribution < -0.4 is 20.9 Å². The Bertz CT molecular complexity index is 4220. The van der Waals surface area contributed by atoms with Crippen LogP contribution in [0.5, 0.6) is 0 Å². The molecule has 0 saturated heterocycles. The Kier molecular flexibility index (Phi) is 12.9. The number of nitro groups is 1. The third-order valence-electron chi connectivity index (χ3n) is 15.6. The lowest BCUT2D eigenvalue weighted by Crippen LogP contribution is -2.19. The number of allylic oxidation sites excluding steroid dienone is 2. The highest BCUT2D eigenvalue weighted by Crippen LogP contribution is 2.37. The Morgan fingerprint density at radius 3 is 0.948 bits per heavy atom. The van der Waals surface area contributed by atoms with E-state index in [1.165, 1.54) is 83.5 Å². The van der Waals surface area contributed by atoms with Crippen LogP contribution in [0.25, 0.3) is 27.9 Å². The molecule has 0 unspecified atom stereocenters. The summed E-state index contributed by atoms with van der Waals surface area (Å²) in [6, 6.07) is 52.1. The summed E-state index contributed by atoms with van der Waals surface area (Å²) in [6.45, 7) is 26.4. The van der Waals surface area contributed by atoms with E-state index in [0.717, 1.165) is 94.1 Å². The van der Waals surface area contributed by atoms with Crippen molar-refractivity contribution < 1.29 is 4.92 Å². The number of aliphatic imine (C=N–C) groups is 1. The molecular weight excluding hydrogens is 941 g/mol. The fraction of sp³-hybridized carbons (Fsp3) is 0.169. The summed E-state index contributed by atoms with van der Waals surface area (Å²) in [7, 11) is 0. The van der Waals surface area contributed by atoms with E-state index >= 15 is 0 Å². The molecule has 10 bridgehead atoms. The second-order valence-electron chi connectivity index (χ2n) is 21.7. The molecule has 0 aliphatic carbocycles. The smallest absolute Gasteiger partial charge is 0.269 e. The lowest BCUT2D eigenvalue weighted by Gasteiger charge is -2.18. The minimum Gasteiger partial charge on any atom is -0.354 e. The van der Waals surface area contributed by atoms with Gasteiger partial charge in [0.2, 0.25) is 0 Å². The normalized spacial score (nSPS) is 14.4. The molecule has 7 aromatic carbocycles. The van der Waals surface area contributed by atoms with Gasteiger partial charge in [-0.3, -0.25) is 10.1 Å². The van der Waals surface area contributed by atoms with Crippen molar-refractivity contribution in [2.24, 2.45) is 4.99 Å². The van der Waals surface area contributed by atoms with Gasteiger partial charge in [-0.25, -0.2) is 4.99 Å². The summed E-state index contributed by atoms with van der Waals surface area (Å²) < 4.78 is 0. The van der Waals surface area contributed by atoms with Crippen LogP contribution in [-0.4, -0.2) is 20.6 Å². The number of aromatic amines is 2. The van der Waals surface area contributed by atoms with Crippen LogP contribution in [0.4, 0.5) is 5.69 Å². The molecule has 5 aliphatic heterocycles. The van der Waals surface area contributed by atoms with Crippen LogP contribution in [0.1, 0.15) is 117 Å². The molecule has 6 heteroatoms. The van der Waals surface area contributed by atoms with Crippen molar-refractivity contribution in [1.29, 1.82) is 0 Å². The van der Waals surface area contributed by atoms with Gasteiger partial charge in [0.25, 0.3) is 5.69 Å². The van der Waals surface area contributed by atoms with E-state index < -0.39 is 0 Å². The molecular formula is C71H64N4O2. The summed E-state index contributed by atoms with van der Waals surface area (Å²) in [4.78, 5) is 25.2. The second-order valence-corrected chi connectivity index (χ2v) is 21.7. The summed E-state index contributed by atoms with van der Waals surface area (Å²) in [5, 5.41) is 16.4. The van der Waals surface area contributed by atoms with Gasteiger partial charge in [0.05, 0.1) is 16.3 Å². The van der Waals surface area contributed by atoms with Crippen molar-refractivity contribution in [2.75, 3.05) is 0 Å². The maximum atomic E-state index is 12.0. The number of H-pyrrole nitrogens is 2. The van der Waals surface area contributed by atoms with Crippen molar-refractivity contribution in [3.05, 3.63) is 312 Å². The quantitative estimate of drug-likeness (QED) is 0.128. The van der Waals surface area contributed by atoms with Crippen molar-refractivity contribution in [3.8, 4) is 0 Å². The first kappa shape index (κ1) is 50.3. The first-order valence-electron chi connectivity index (χ1n) is 26.6. The van der Waals surface area contributed by atoms with Crippen molar-refractivity contribution in [2.45, 2.75) is 83.1 Å². The molecule has 0 atom stereocenters. The molecule has 0 saturated carbocycles. The van der Waals surface area contributed by atoms with Crippen molar-refractivity contribution in [1.82, 2.24) is 9.97 Å². The molecule has 2 N–H and O–H groups in total. The standard InChI is InChI=1S/C71H64N4O2/c1-39-31-43(5)63(44(6)32-39)68-52-13-17-54(18-14-52)70(65-47(9)35-41(3)36-48(65)10)61-29-30-62(74-61)71(66-49(11)37-42(4)38-50(66)12)55-19-15-53(16-20-55)69(64-45(7)33-40(2)34-46(64)8)60-28-26-58(73-60)67(57-25-27-59(68)72-57)51-21-23-56(24-22-51)75(76)77/h13-38,72,74H,1-12H3/b67-57?,67-58-,68-52?,68-59?,69-53?,69-60?,70-54?,70-61?,71-55?,71-62?. The first-order chi connectivity index (χ1) is 36.9. The summed E-state index contributed by atoms with van der Waals surface area (Å²) in [5.41, 5.74) is 30.7. The van der Waals surface area contributed by atoms with E-state index in [4.69, 9.17) is 4.99 Å². The van der Waals surface area contributed by atoms with E-state index in [9.17, 15) is 10.1 Å². The van der Waals surface area contributed by atoms with Crippen LogP contribution in [0.15, 0.2) is 168 Å². The van der Waals surface area contributed by atoms with Crippen molar-refractivity contribution >= 4 is 39.3 Å². The highest BCUT2D eigenvalue weighted by atomic mass is 16.6. The zero-order chi connectivity index (χ0) is 54.1. The van der Waals surface area contributed by atoms with Gasteiger partial charge < -0.3 is 9.97 Å². The second kappa shape index (κ2) is 19.7. The number of non-ortho nitro benzene ring substituents is 1. The average molecular weight is 1010 g/mol. The molecule has 380 valence electrons. The minimum absolute atomic E-state index is 0.0300. The molecule has 5 aliphatic rings. The maximum absolute atomic E-state index is 12.0. The van der Waals surface area contributed by atoms with E-state index in [2.05, 4.69) is 227 Å². The van der Waals surface area contributed by atoms with Gasteiger partial charge in [-0.1, -0.05) is 119 Å². The molecule has 6 nitrogen and oxygen atoms in total. The van der Waals surface area contributed by atoms with Crippen LogP contribution in [-0.2, 0) is 0 Å². The minimum atomic E-state index is -0.349. The molecule has 2 aromatic heterocycles. The summed E-state index contributed by atoms with van der Waals surface area (Å²) in [5.74, 6) is 0. The third kappa shape index (κ3) is 9.18. The molecule has 9 aromatic rings. The highest BCUT2D eigenvalue weighted by molar-refractivity contribution is 6.31. The number of aromatic nitrogens is 2. The average Bonchev–Trinajstić information content (AvgIpc) is 4.17. The maximum Gasteiger partial charge on any atom is 0.269 e. The predicted molar refractivity (Wildman–Crippen MR) is 319 cm³/mol. The SMILES string of the molecule is Cc1cc(C)c(C2=c3ccc(cc3)=C(c3c(C)cc(C)cc3C)c3ccc([nH]3)C(c3c(C)cc(C)cc3C)=c3ccc(cc3)=C(c3c(C)cc(C)cc3C)c3ccc([nH]3)/C(c3ccc([N+](=O)[O-])cc3)=C3/C=CC2=N3)c(C)c1. The molecule has 0 amide bonds. The molecule has 14 rings (SSSR count). The number of nitrogens with one attached hydrogen (secondary N) is 2. The van der Waals surface area contributed by atoms with Gasteiger partial charge in [-0.05, 0) is 225 Å². The highest BCUT2D eigenvalue weighted by Gasteiger charge is 2.25. The Balaban J connectivity index is 1.31. The van der Waals surface area contributed by atoms with E-state index in [1.807, 2.05) is 12.1 Å². The Labute approximate surface area is 451 Å². The number of nitrogens with zero attached hydrogens (tertiary/aromatic N) is 2. The Morgan fingerprint density at radius 2 is 0.636 bits per heavy atom. The Morgan fingerprint density at radius 1 is 0.351 bits per heavy atom. The lowest BCUT2D eigenvalue weighted by atomic mass is 9.88. The van der Waals surface area contributed by atoms with Gasteiger partial charge in [0.1, 0.15) is 0 Å². The van der Waals surface area contributed by atoms with Gasteiger partial charge in [0, 0.05) is 62.8 Å². The molecule has 7 heterocycles. The van der Waals surface area contributed by atoms with Crippen LogP contribution in [0, 0.1) is 93.2 Å². The lowest BCUT2D eigenvalue weighted by molar-refractivity contribution is -0.384. The molecule has 0 radical (unpaired) electrons.